The Balaban J connectivity index is 4.21. The zero-order valence-electron chi connectivity index (χ0n) is 14.7. The number of alkyl carbamates (subject to hydrolysis) is 2. The molecule has 3 N–H and O–H groups in total. The molecule has 7 nitrogen and oxygen atoms in total. The van der Waals surface area contributed by atoms with Crippen molar-refractivity contribution in [1.82, 2.24) is 10.6 Å². The Hall–Kier alpha value is -1.57. The van der Waals surface area contributed by atoms with Crippen molar-refractivity contribution >= 4 is 12.2 Å². The van der Waals surface area contributed by atoms with Gasteiger partial charge in [0, 0.05) is 6.42 Å². The number of ether oxygens (including phenoxy) is 2. The summed E-state index contributed by atoms with van der Waals surface area (Å²) in [5, 5.41) is 13.9. The first-order valence-electron chi connectivity index (χ1n) is 7.53. The van der Waals surface area contributed by atoms with Crippen LogP contribution in [0.5, 0.6) is 0 Å². The predicted octanol–water partition coefficient (Wildman–Crippen LogP) is 2.12. The average molecular weight is 336 g/mol. The molecular weight excluding hydrogens is 307 g/mol. The van der Waals surface area contributed by atoms with Crippen LogP contribution in [0.2, 0.25) is 0 Å². The molecule has 0 aliphatic carbocycles. The third-order valence-electron chi connectivity index (χ3n) is 2.35. The van der Waals surface area contributed by atoms with Gasteiger partial charge in [-0.25, -0.2) is 14.0 Å². The molecule has 136 valence electrons. The molecule has 0 saturated heterocycles. The van der Waals surface area contributed by atoms with Crippen molar-refractivity contribution in [2.24, 2.45) is 0 Å². The molecule has 0 heterocycles. The summed E-state index contributed by atoms with van der Waals surface area (Å²) in [5.74, 6) is 0. The van der Waals surface area contributed by atoms with Gasteiger partial charge in [0.25, 0.3) is 0 Å². The van der Waals surface area contributed by atoms with E-state index in [4.69, 9.17) is 9.47 Å². The first-order valence-corrected chi connectivity index (χ1v) is 7.53. The Morgan fingerprint density at radius 1 is 1.04 bits per heavy atom. The summed E-state index contributed by atoms with van der Waals surface area (Å²) >= 11 is 0. The number of hydrogen-bond donors (Lipinski definition) is 3. The van der Waals surface area contributed by atoms with Crippen molar-refractivity contribution in [3.63, 3.8) is 0 Å². The maximum atomic E-state index is 13.8. The minimum atomic E-state index is -1.45. The minimum Gasteiger partial charge on any atom is -0.444 e. The number of carbonyl (C=O) groups excluding carboxylic acids is 2. The van der Waals surface area contributed by atoms with Crippen molar-refractivity contribution in [2.45, 2.75) is 71.4 Å². The number of alkyl halides is 1. The third-order valence-corrected chi connectivity index (χ3v) is 2.35. The number of rotatable bonds is 6. The van der Waals surface area contributed by atoms with Gasteiger partial charge >= 0.3 is 12.2 Å². The molecule has 2 atom stereocenters. The fraction of sp³-hybridized carbons (Fsp3) is 0.867. The zero-order chi connectivity index (χ0) is 18.3. The van der Waals surface area contributed by atoms with Gasteiger partial charge in [-0.15, -0.1) is 0 Å². The summed E-state index contributed by atoms with van der Waals surface area (Å²) in [6, 6.07) is -0.805. The van der Waals surface area contributed by atoms with Crippen LogP contribution >= 0.6 is 0 Å². The van der Waals surface area contributed by atoms with Crippen LogP contribution in [0.1, 0.15) is 48.0 Å². The molecule has 23 heavy (non-hydrogen) atoms. The lowest BCUT2D eigenvalue weighted by atomic mass is 10.1. The molecule has 0 aliphatic rings. The van der Waals surface area contributed by atoms with Crippen LogP contribution in [-0.4, -0.2) is 53.9 Å². The summed E-state index contributed by atoms with van der Waals surface area (Å²) in [7, 11) is 0. The Labute approximate surface area is 136 Å². The van der Waals surface area contributed by atoms with E-state index in [9.17, 15) is 19.1 Å². The standard InChI is InChI=1S/C15H29FN2O5/c1-14(2,3)22-12(20)17-8-10(16)7-11(9-19)18-13(21)23-15(4,5)6/h10-11,19H,7-9H2,1-6H3,(H,17,20)(H,18,21)/t10-,11-/m1/s1. The fourth-order valence-electron chi connectivity index (χ4n) is 1.55. The molecule has 0 spiro atoms. The van der Waals surface area contributed by atoms with Gasteiger partial charge in [-0.2, -0.15) is 0 Å². The van der Waals surface area contributed by atoms with E-state index < -0.39 is 42.2 Å². The number of hydrogen-bond acceptors (Lipinski definition) is 5. The fourth-order valence-corrected chi connectivity index (χ4v) is 1.55. The maximum Gasteiger partial charge on any atom is 0.407 e. The zero-order valence-corrected chi connectivity index (χ0v) is 14.7. The summed E-state index contributed by atoms with van der Waals surface area (Å²) in [6.45, 7) is 9.48. The summed E-state index contributed by atoms with van der Waals surface area (Å²) < 4.78 is 23.9. The van der Waals surface area contributed by atoms with Gasteiger partial charge in [-0.3, -0.25) is 0 Å². The van der Waals surface area contributed by atoms with Crippen molar-refractivity contribution < 1.29 is 28.6 Å². The van der Waals surface area contributed by atoms with Gasteiger partial charge in [0.1, 0.15) is 17.4 Å². The Bertz CT molecular complexity index is 390. The highest BCUT2D eigenvalue weighted by atomic mass is 19.1. The van der Waals surface area contributed by atoms with Crippen LogP contribution in [0.25, 0.3) is 0 Å². The second-order valence-electron chi connectivity index (χ2n) is 7.24. The number of nitrogens with one attached hydrogen (secondary N) is 2. The highest BCUT2D eigenvalue weighted by molar-refractivity contribution is 5.68. The molecule has 0 saturated carbocycles. The van der Waals surface area contributed by atoms with Crippen LogP contribution in [0, 0.1) is 0 Å². The van der Waals surface area contributed by atoms with Crippen LogP contribution in [0.3, 0.4) is 0 Å². The molecule has 0 aliphatic heterocycles. The number of aliphatic hydroxyl groups is 1. The van der Waals surface area contributed by atoms with Gasteiger partial charge in [0.15, 0.2) is 0 Å². The molecule has 2 amide bonds. The van der Waals surface area contributed by atoms with Gasteiger partial charge in [-0.05, 0) is 41.5 Å². The maximum absolute atomic E-state index is 13.8. The molecule has 8 heteroatoms. The second kappa shape index (κ2) is 8.90. The van der Waals surface area contributed by atoms with E-state index >= 15 is 0 Å². The second-order valence-corrected chi connectivity index (χ2v) is 7.24. The molecule has 0 radical (unpaired) electrons. The molecule has 0 rings (SSSR count). The molecule has 0 aromatic heterocycles. The van der Waals surface area contributed by atoms with Crippen molar-refractivity contribution in [1.29, 1.82) is 0 Å². The number of halogens is 1. The number of amides is 2. The van der Waals surface area contributed by atoms with E-state index in [0.29, 0.717) is 0 Å². The number of carbonyl (C=O) groups is 2. The topological polar surface area (TPSA) is 96.9 Å². The average Bonchev–Trinajstić information content (AvgIpc) is 2.31. The van der Waals surface area contributed by atoms with Crippen LogP contribution in [0.15, 0.2) is 0 Å². The van der Waals surface area contributed by atoms with E-state index in [1.54, 1.807) is 41.5 Å². The lowest BCUT2D eigenvalue weighted by Gasteiger charge is -2.24. The lowest BCUT2D eigenvalue weighted by molar-refractivity contribution is 0.0449. The van der Waals surface area contributed by atoms with Crippen molar-refractivity contribution in [2.75, 3.05) is 13.2 Å². The van der Waals surface area contributed by atoms with Crippen molar-refractivity contribution in [3.8, 4) is 0 Å². The van der Waals surface area contributed by atoms with E-state index in [2.05, 4.69) is 10.6 Å². The van der Waals surface area contributed by atoms with Gasteiger partial charge in [0.05, 0.1) is 19.2 Å². The Morgan fingerprint density at radius 3 is 1.96 bits per heavy atom. The largest absolute Gasteiger partial charge is 0.444 e. The van der Waals surface area contributed by atoms with Crippen LogP contribution in [-0.2, 0) is 9.47 Å². The summed E-state index contributed by atoms with van der Waals surface area (Å²) in [4.78, 5) is 23.0. The first kappa shape index (κ1) is 21.4. The summed E-state index contributed by atoms with van der Waals surface area (Å²) in [5.41, 5.74) is -1.35. The van der Waals surface area contributed by atoms with E-state index in [-0.39, 0.29) is 13.0 Å². The molecule has 0 fully saturated rings. The SMILES string of the molecule is CC(C)(C)OC(=O)NC[C@H](F)C[C@H](CO)NC(=O)OC(C)(C)C. The van der Waals surface area contributed by atoms with E-state index in [1.165, 1.54) is 0 Å². The Kier molecular flexibility index (Phi) is 8.30. The summed E-state index contributed by atoms with van der Waals surface area (Å²) in [6.07, 6.45) is -3.06. The molecule has 0 unspecified atom stereocenters. The number of aliphatic hydroxyl groups excluding tert-OH is 1. The van der Waals surface area contributed by atoms with Gasteiger partial charge in [0.2, 0.25) is 0 Å². The minimum absolute atomic E-state index is 0.161. The van der Waals surface area contributed by atoms with Gasteiger partial charge in [-0.1, -0.05) is 0 Å². The van der Waals surface area contributed by atoms with E-state index in [1.807, 2.05) is 0 Å². The van der Waals surface area contributed by atoms with E-state index in [0.717, 1.165) is 0 Å². The first-order chi connectivity index (χ1) is 10.3. The normalized spacial score (nSPS) is 14.6. The highest BCUT2D eigenvalue weighted by Crippen LogP contribution is 2.09. The van der Waals surface area contributed by atoms with Gasteiger partial charge < -0.3 is 25.2 Å². The molecule has 0 bridgehead atoms. The van der Waals surface area contributed by atoms with Crippen LogP contribution < -0.4 is 10.6 Å². The molecule has 0 aromatic carbocycles. The third kappa shape index (κ3) is 12.6. The quantitative estimate of drug-likeness (QED) is 0.690. The van der Waals surface area contributed by atoms with Crippen LogP contribution in [0.4, 0.5) is 14.0 Å². The Morgan fingerprint density at radius 2 is 1.52 bits per heavy atom. The predicted molar refractivity (Wildman–Crippen MR) is 84.0 cm³/mol. The molecular formula is C15H29FN2O5. The molecule has 0 aromatic rings. The monoisotopic (exact) mass is 336 g/mol. The highest BCUT2D eigenvalue weighted by Gasteiger charge is 2.23. The lowest BCUT2D eigenvalue weighted by Crippen LogP contribution is -2.44. The smallest absolute Gasteiger partial charge is 0.407 e. The van der Waals surface area contributed by atoms with Crippen molar-refractivity contribution in [3.05, 3.63) is 0 Å².